The predicted molar refractivity (Wildman–Crippen MR) is 70.8 cm³/mol. The number of halogens is 1. The van der Waals surface area contributed by atoms with E-state index in [0.29, 0.717) is 5.82 Å². The molecular formula is C13H15BrN2O. The zero-order chi connectivity index (χ0) is 12.4. The number of aliphatic hydroxyl groups excluding tert-OH is 1. The first-order valence-corrected chi connectivity index (χ1v) is 6.38. The highest BCUT2D eigenvalue weighted by atomic mass is 79.9. The van der Waals surface area contributed by atoms with Gasteiger partial charge in [0.2, 0.25) is 0 Å². The van der Waals surface area contributed by atoms with Crippen molar-refractivity contribution < 1.29 is 5.11 Å². The number of nitrogens with zero attached hydrogens (tertiary/aromatic N) is 2. The minimum atomic E-state index is -0.695. The van der Waals surface area contributed by atoms with Gasteiger partial charge in [0.15, 0.2) is 0 Å². The summed E-state index contributed by atoms with van der Waals surface area (Å²) in [5.74, 6) is 0.679. The van der Waals surface area contributed by atoms with E-state index in [9.17, 15) is 5.11 Å². The summed E-state index contributed by atoms with van der Waals surface area (Å²) in [5.41, 5.74) is 1.96. The van der Waals surface area contributed by atoms with E-state index >= 15 is 0 Å². The lowest BCUT2D eigenvalue weighted by Gasteiger charge is -2.15. The van der Waals surface area contributed by atoms with Crippen molar-refractivity contribution in [3.63, 3.8) is 0 Å². The Bertz CT molecular complexity index is 522. The van der Waals surface area contributed by atoms with Crippen LogP contribution in [0.15, 0.2) is 35.1 Å². The molecule has 1 aromatic carbocycles. The van der Waals surface area contributed by atoms with Gasteiger partial charge in [-0.05, 0) is 19.4 Å². The van der Waals surface area contributed by atoms with Gasteiger partial charge in [-0.25, -0.2) is 4.98 Å². The molecule has 1 heterocycles. The molecule has 1 atom stereocenters. The molecule has 90 valence electrons. The molecule has 0 saturated heterocycles. The molecular weight excluding hydrogens is 280 g/mol. The van der Waals surface area contributed by atoms with Crippen LogP contribution < -0.4 is 0 Å². The van der Waals surface area contributed by atoms with Crippen LogP contribution in [0.5, 0.6) is 0 Å². The van der Waals surface area contributed by atoms with Crippen LogP contribution in [0.4, 0.5) is 0 Å². The minimum Gasteiger partial charge on any atom is -0.380 e. The second-order valence-corrected chi connectivity index (χ2v) is 4.75. The smallest absolute Gasteiger partial charge is 0.142 e. The van der Waals surface area contributed by atoms with Crippen molar-refractivity contribution >= 4 is 15.9 Å². The summed E-state index contributed by atoms with van der Waals surface area (Å²) >= 11 is 3.52. The van der Waals surface area contributed by atoms with Crippen molar-refractivity contribution in [2.45, 2.75) is 26.5 Å². The van der Waals surface area contributed by atoms with E-state index in [1.807, 2.05) is 42.8 Å². The van der Waals surface area contributed by atoms with Crippen LogP contribution in [0, 0.1) is 6.92 Å². The monoisotopic (exact) mass is 294 g/mol. The van der Waals surface area contributed by atoms with Gasteiger partial charge in [-0.15, -0.1) is 0 Å². The van der Waals surface area contributed by atoms with Gasteiger partial charge in [0.05, 0.1) is 0 Å². The number of aliphatic hydroxyl groups is 1. The Balaban J connectivity index is 2.44. The fourth-order valence-corrected chi connectivity index (χ4v) is 2.34. The van der Waals surface area contributed by atoms with Crippen molar-refractivity contribution in [1.82, 2.24) is 9.55 Å². The van der Waals surface area contributed by atoms with Crippen molar-refractivity contribution in [3.05, 3.63) is 52.0 Å². The van der Waals surface area contributed by atoms with Crippen molar-refractivity contribution in [2.75, 3.05) is 0 Å². The number of aryl methyl sites for hydroxylation is 2. The van der Waals surface area contributed by atoms with E-state index in [1.165, 1.54) is 0 Å². The van der Waals surface area contributed by atoms with Gasteiger partial charge in [0.1, 0.15) is 11.9 Å². The van der Waals surface area contributed by atoms with E-state index in [4.69, 9.17) is 0 Å². The Kier molecular flexibility index (Phi) is 3.64. The number of aromatic nitrogens is 2. The van der Waals surface area contributed by atoms with Gasteiger partial charge in [0.25, 0.3) is 0 Å². The second-order valence-electron chi connectivity index (χ2n) is 3.95. The highest BCUT2D eigenvalue weighted by Crippen LogP contribution is 2.29. The third-order valence-electron chi connectivity index (χ3n) is 2.85. The summed E-state index contributed by atoms with van der Waals surface area (Å²) in [5, 5.41) is 10.4. The number of hydrogen-bond acceptors (Lipinski definition) is 2. The average molecular weight is 295 g/mol. The lowest BCUT2D eigenvalue weighted by molar-refractivity contribution is 0.204. The van der Waals surface area contributed by atoms with E-state index in [-0.39, 0.29) is 0 Å². The molecule has 2 rings (SSSR count). The maximum absolute atomic E-state index is 10.4. The molecule has 0 bridgehead atoms. The summed E-state index contributed by atoms with van der Waals surface area (Å²) in [6.45, 7) is 4.84. The Morgan fingerprint density at radius 1 is 1.47 bits per heavy atom. The fraction of sp³-hybridized carbons (Fsp3) is 0.308. The third kappa shape index (κ3) is 2.28. The van der Waals surface area contributed by atoms with Crippen LogP contribution in [0.25, 0.3) is 0 Å². The molecule has 0 aliphatic heterocycles. The molecule has 1 aromatic heterocycles. The SMILES string of the molecule is CCn1ccnc1C(O)c1cccc(C)c1Br. The van der Waals surface area contributed by atoms with Crippen LogP contribution in [0.3, 0.4) is 0 Å². The van der Waals surface area contributed by atoms with Crippen LogP contribution in [0.1, 0.15) is 30.0 Å². The molecule has 0 radical (unpaired) electrons. The van der Waals surface area contributed by atoms with Crippen LogP contribution in [0.2, 0.25) is 0 Å². The summed E-state index contributed by atoms with van der Waals surface area (Å²) < 4.78 is 2.89. The predicted octanol–water partition coefficient (Wildman–Crippen LogP) is 3.06. The largest absolute Gasteiger partial charge is 0.380 e. The quantitative estimate of drug-likeness (QED) is 0.945. The number of imidazole rings is 1. The standard InChI is InChI=1S/C13H15BrN2O/c1-3-16-8-7-15-13(16)12(17)10-6-4-5-9(2)11(10)14/h4-8,12,17H,3H2,1-2H3. The number of hydrogen-bond donors (Lipinski definition) is 1. The first-order valence-electron chi connectivity index (χ1n) is 5.59. The van der Waals surface area contributed by atoms with E-state index in [0.717, 1.165) is 22.1 Å². The van der Waals surface area contributed by atoms with Gasteiger partial charge in [-0.1, -0.05) is 34.1 Å². The molecule has 0 amide bonds. The molecule has 0 spiro atoms. The van der Waals surface area contributed by atoms with Crippen LogP contribution in [-0.2, 0) is 6.54 Å². The maximum Gasteiger partial charge on any atom is 0.142 e. The van der Waals surface area contributed by atoms with E-state index < -0.39 is 6.10 Å². The normalized spacial score (nSPS) is 12.7. The highest BCUT2D eigenvalue weighted by Gasteiger charge is 2.18. The summed E-state index contributed by atoms with van der Waals surface area (Å²) in [7, 11) is 0. The van der Waals surface area contributed by atoms with Gasteiger partial charge in [-0.2, -0.15) is 0 Å². The van der Waals surface area contributed by atoms with Crippen molar-refractivity contribution in [1.29, 1.82) is 0 Å². The maximum atomic E-state index is 10.4. The van der Waals surface area contributed by atoms with Gasteiger partial charge < -0.3 is 9.67 Å². The van der Waals surface area contributed by atoms with Crippen molar-refractivity contribution in [2.24, 2.45) is 0 Å². The van der Waals surface area contributed by atoms with E-state index in [1.54, 1.807) is 6.20 Å². The first-order chi connectivity index (χ1) is 8.15. The molecule has 1 unspecified atom stereocenters. The van der Waals surface area contributed by atoms with Crippen molar-refractivity contribution in [3.8, 4) is 0 Å². The van der Waals surface area contributed by atoms with Gasteiger partial charge in [-0.3, -0.25) is 0 Å². The molecule has 2 aromatic rings. The lowest BCUT2D eigenvalue weighted by Crippen LogP contribution is -2.09. The molecule has 3 nitrogen and oxygen atoms in total. The summed E-state index contributed by atoms with van der Waals surface area (Å²) in [4.78, 5) is 4.23. The molecule has 0 saturated carbocycles. The Morgan fingerprint density at radius 2 is 2.24 bits per heavy atom. The molecule has 4 heteroatoms. The number of rotatable bonds is 3. The van der Waals surface area contributed by atoms with Crippen LogP contribution in [-0.4, -0.2) is 14.7 Å². The summed E-state index contributed by atoms with van der Waals surface area (Å²) in [6, 6.07) is 5.86. The third-order valence-corrected chi connectivity index (χ3v) is 3.93. The minimum absolute atomic E-state index is 0.679. The van der Waals surface area contributed by atoms with Gasteiger partial charge in [0, 0.05) is 29.0 Å². The first kappa shape index (κ1) is 12.3. The Labute approximate surface area is 109 Å². The van der Waals surface area contributed by atoms with Crippen LogP contribution >= 0.6 is 15.9 Å². The second kappa shape index (κ2) is 5.02. The molecule has 1 N–H and O–H groups in total. The van der Waals surface area contributed by atoms with Gasteiger partial charge >= 0.3 is 0 Å². The molecule has 0 aliphatic rings. The lowest BCUT2D eigenvalue weighted by atomic mass is 10.1. The molecule has 0 fully saturated rings. The summed E-state index contributed by atoms with van der Waals surface area (Å²) in [6.07, 6.45) is 2.90. The van der Waals surface area contributed by atoms with E-state index in [2.05, 4.69) is 20.9 Å². The zero-order valence-corrected chi connectivity index (χ0v) is 11.5. The Morgan fingerprint density at radius 3 is 2.94 bits per heavy atom. The highest BCUT2D eigenvalue weighted by molar-refractivity contribution is 9.10. The number of benzene rings is 1. The molecule has 17 heavy (non-hydrogen) atoms. The fourth-order valence-electron chi connectivity index (χ4n) is 1.86. The Hall–Kier alpha value is -1.13. The molecule has 0 aliphatic carbocycles. The zero-order valence-electron chi connectivity index (χ0n) is 9.89. The average Bonchev–Trinajstić information content (AvgIpc) is 2.80. The topological polar surface area (TPSA) is 38.0 Å².